The maximum absolute atomic E-state index is 13.6. The molecule has 12 nitrogen and oxygen atoms in total. The van der Waals surface area contributed by atoms with E-state index in [4.69, 9.17) is 10.8 Å². The Morgan fingerprint density at radius 3 is 2.44 bits per heavy atom. The average Bonchev–Trinajstić information content (AvgIpc) is 2.79. The SMILES string of the molecule is CN(C)c1cc(C(=O)NCCO)c(O)c2c1C[C@H]1C[C@H]3CC(=O)C(C(N)=O)=C(O)[C@@]3(O)C(=O)C1=C2O. The van der Waals surface area contributed by atoms with Crippen LogP contribution in [0, 0.1) is 11.8 Å². The van der Waals surface area contributed by atoms with Gasteiger partial charge in [-0.05, 0) is 30.4 Å². The van der Waals surface area contributed by atoms with Crippen LogP contribution in [0.25, 0.3) is 5.76 Å². The first kappa shape index (κ1) is 25.2. The van der Waals surface area contributed by atoms with Crippen molar-refractivity contribution in [2.45, 2.75) is 24.9 Å². The molecule has 0 aliphatic heterocycles. The molecule has 0 saturated heterocycles. The molecule has 36 heavy (non-hydrogen) atoms. The highest BCUT2D eigenvalue weighted by atomic mass is 16.3. The van der Waals surface area contributed by atoms with Crippen LogP contribution in [0.3, 0.4) is 0 Å². The number of rotatable bonds is 5. The number of nitrogens with two attached hydrogens (primary N) is 1. The van der Waals surface area contributed by atoms with E-state index in [9.17, 15) is 39.6 Å². The van der Waals surface area contributed by atoms with Gasteiger partial charge < -0.3 is 41.5 Å². The molecule has 0 spiro atoms. The van der Waals surface area contributed by atoms with Gasteiger partial charge in [0.15, 0.2) is 11.4 Å². The predicted octanol–water partition coefficient (Wildman–Crippen LogP) is -0.788. The molecule has 1 aromatic carbocycles. The van der Waals surface area contributed by atoms with E-state index in [-0.39, 0.29) is 42.7 Å². The summed E-state index contributed by atoms with van der Waals surface area (Å²) in [6, 6.07) is 1.43. The fourth-order valence-electron chi connectivity index (χ4n) is 5.51. The first-order valence-corrected chi connectivity index (χ1v) is 11.3. The Morgan fingerprint density at radius 1 is 1.19 bits per heavy atom. The van der Waals surface area contributed by atoms with Crippen LogP contribution in [-0.2, 0) is 20.8 Å². The Hall–Kier alpha value is -3.90. The third kappa shape index (κ3) is 3.44. The Kier molecular flexibility index (Phi) is 6.05. The highest BCUT2D eigenvalue weighted by Crippen LogP contribution is 2.53. The molecule has 2 amide bonds. The number of primary amides is 1. The molecule has 1 saturated carbocycles. The number of carbonyl (C=O) groups excluding carboxylic acids is 4. The number of benzene rings is 1. The number of ketones is 2. The minimum Gasteiger partial charge on any atom is -0.508 e. The molecule has 0 radical (unpaired) electrons. The number of aliphatic hydroxyl groups is 4. The third-order valence-corrected chi connectivity index (χ3v) is 7.16. The quantitative estimate of drug-likeness (QED) is 0.250. The number of nitrogens with one attached hydrogen (secondary N) is 1. The lowest BCUT2D eigenvalue weighted by Crippen LogP contribution is -2.58. The predicted molar refractivity (Wildman–Crippen MR) is 125 cm³/mol. The van der Waals surface area contributed by atoms with Crippen LogP contribution in [0.5, 0.6) is 5.75 Å². The largest absolute Gasteiger partial charge is 0.508 e. The van der Waals surface area contributed by atoms with Gasteiger partial charge in [0.2, 0.25) is 5.78 Å². The molecular weight excluding hydrogens is 474 g/mol. The number of amides is 2. The van der Waals surface area contributed by atoms with Crippen LogP contribution in [0.1, 0.15) is 34.3 Å². The number of phenolic OH excluding ortho intramolecular Hbond substituents is 1. The molecule has 0 unspecified atom stereocenters. The summed E-state index contributed by atoms with van der Waals surface area (Å²) in [6.45, 7) is -0.419. The van der Waals surface area contributed by atoms with Crippen molar-refractivity contribution < 1.29 is 44.7 Å². The van der Waals surface area contributed by atoms with E-state index in [2.05, 4.69) is 5.32 Å². The van der Waals surface area contributed by atoms with Crippen molar-refractivity contribution in [1.82, 2.24) is 5.32 Å². The summed E-state index contributed by atoms with van der Waals surface area (Å²) in [6.07, 6.45) is -0.277. The molecule has 1 aromatic rings. The van der Waals surface area contributed by atoms with Gasteiger partial charge in [0.05, 0.1) is 17.7 Å². The first-order valence-electron chi connectivity index (χ1n) is 11.3. The maximum Gasteiger partial charge on any atom is 0.255 e. The highest BCUT2D eigenvalue weighted by Gasteiger charge is 2.60. The van der Waals surface area contributed by atoms with Crippen molar-refractivity contribution in [2.24, 2.45) is 17.6 Å². The summed E-state index contributed by atoms with van der Waals surface area (Å²) < 4.78 is 0. The number of aliphatic hydroxyl groups excluding tert-OH is 3. The number of hydrogen-bond acceptors (Lipinski definition) is 10. The Labute approximate surface area is 205 Å². The van der Waals surface area contributed by atoms with E-state index in [1.807, 2.05) is 0 Å². The summed E-state index contributed by atoms with van der Waals surface area (Å²) in [5, 5.41) is 55.6. The number of phenols is 1. The van der Waals surface area contributed by atoms with Gasteiger partial charge in [-0.15, -0.1) is 0 Å². The zero-order valence-corrected chi connectivity index (χ0v) is 19.7. The van der Waals surface area contributed by atoms with Crippen molar-refractivity contribution in [1.29, 1.82) is 0 Å². The lowest BCUT2D eigenvalue weighted by molar-refractivity contribution is -0.147. The second-order valence-electron chi connectivity index (χ2n) is 9.43. The second kappa shape index (κ2) is 8.64. The van der Waals surface area contributed by atoms with Gasteiger partial charge >= 0.3 is 0 Å². The summed E-state index contributed by atoms with van der Waals surface area (Å²) in [5.74, 6) is -8.11. The third-order valence-electron chi connectivity index (χ3n) is 7.16. The normalized spacial score (nSPS) is 25.2. The van der Waals surface area contributed by atoms with Crippen molar-refractivity contribution in [3.63, 3.8) is 0 Å². The van der Waals surface area contributed by atoms with Gasteiger partial charge in [0.25, 0.3) is 11.8 Å². The number of anilines is 1. The van der Waals surface area contributed by atoms with Crippen molar-refractivity contribution >= 4 is 34.8 Å². The van der Waals surface area contributed by atoms with Gasteiger partial charge in [0.1, 0.15) is 22.8 Å². The van der Waals surface area contributed by atoms with Gasteiger partial charge in [-0.3, -0.25) is 19.2 Å². The molecule has 12 heteroatoms. The van der Waals surface area contributed by atoms with Gasteiger partial charge in [-0.1, -0.05) is 0 Å². The summed E-state index contributed by atoms with van der Waals surface area (Å²) in [5.41, 5.74) is 1.91. The van der Waals surface area contributed by atoms with Crippen LogP contribution in [-0.4, -0.2) is 81.8 Å². The molecule has 1 fully saturated rings. The van der Waals surface area contributed by atoms with E-state index < -0.39 is 70.1 Å². The van der Waals surface area contributed by atoms with Crippen molar-refractivity contribution in [3.8, 4) is 5.75 Å². The number of fused-ring (bicyclic) bond motifs is 3. The van der Waals surface area contributed by atoms with E-state index in [0.717, 1.165) is 0 Å². The van der Waals surface area contributed by atoms with Gasteiger partial charge in [-0.2, -0.15) is 0 Å². The van der Waals surface area contributed by atoms with Crippen LogP contribution < -0.4 is 16.0 Å². The zero-order chi connectivity index (χ0) is 26.7. The molecule has 3 aliphatic carbocycles. The topological polar surface area (TPSA) is 211 Å². The highest BCUT2D eigenvalue weighted by molar-refractivity contribution is 6.22. The van der Waals surface area contributed by atoms with Crippen LogP contribution in [0.2, 0.25) is 0 Å². The number of nitrogens with zero attached hydrogens (tertiary/aromatic N) is 1. The minimum absolute atomic E-state index is 0.00921. The van der Waals surface area contributed by atoms with E-state index >= 15 is 0 Å². The molecule has 192 valence electrons. The second-order valence-corrected chi connectivity index (χ2v) is 9.43. The minimum atomic E-state index is -2.66. The molecule has 0 heterocycles. The maximum atomic E-state index is 13.6. The molecule has 3 aliphatic rings. The molecular formula is C24H27N3O9. The van der Waals surface area contributed by atoms with E-state index in [0.29, 0.717) is 11.3 Å². The van der Waals surface area contributed by atoms with Crippen molar-refractivity contribution in [3.05, 3.63) is 39.7 Å². The molecule has 8 N–H and O–H groups in total. The lowest BCUT2D eigenvalue weighted by atomic mass is 9.59. The number of carbonyl (C=O) groups is 4. The average molecular weight is 501 g/mol. The summed E-state index contributed by atoms with van der Waals surface area (Å²) in [7, 11) is 3.38. The van der Waals surface area contributed by atoms with E-state index in [1.165, 1.54) is 6.07 Å². The zero-order valence-electron chi connectivity index (χ0n) is 19.7. The van der Waals surface area contributed by atoms with Gasteiger partial charge in [0, 0.05) is 44.2 Å². The standard InChI is InChI=1S/C24H27N3O9/c1-27(2)13-8-12(23(35)26-3-4-28)18(30)16-11(13)6-9-5-10-7-14(29)17(22(25)34)21(33)24(10,36)20(32)15(9)19(16)31/h8-10,28,30-31,33,36H,3-7H2,1-2H3,(H2,25,34)(H,26,35)/t9-,10+,24+/m1/s1. The first-order chi connectivity index (χ1) is 16.9. The van der Waals surface area contributed by atoms with Crippen LogP contribution in [0.4, 0.5) is 5.69 Å². The summed E-state index contributed by atoms with van der Waals surface area (Å²) >= 11 is 0. The lowest BCUT2D eigenvalue weighted by Gasteiger charge is -2.46. The Bertz CT molecular complexity index is 1280. The number of hydrogen-bond donors (Lipinski definition) is 7. The molecule has 0 aromatic heterocycles. The fraction of sp³-hybridized carbons (Fsp3) is 0.417. The van der Waals surface area contributed by atoms with Crippen LogP contribution in [0.15, 0.2) is 23.0 Å². The smallest absolute Gasteiger partial charge is 0.255 e. The van der Waals surface area contributed by atoms with Crippen LogP contribution >= 0.6 is 0 Å². The van der Waals surface area contributed by atoms with E-state index in [1.54, 1.807) is 19.0 Å². The fourth-order valence-corrected chi connectivity index (χ4v) is 5.51. The molecule has 0 bridgehead atoms. The van der Waals surface area contributed by atoms with Crippen molar-refractivity contribution in [2.75, 3.05) is 32.1 Å². The number of Topliss-reactive ketones (excluding diaryl/α,β-unsaturated/α-hetero) is 2. The monoisotopic (exact) mass is 501 g/mol. The molecule has 4 rings (SSSR count). The molecule has 3 atom stereocenters. The number of aromatic hydroxyl groups is 1. The Morgan fingerprint density at radius 2 is 1.86 bits per heavy atom. The Balaban J connectivity index is 1.94. The van der Waals surface area contributed by atoms with Gasteiger partial charge in [-0.25, -0.2) is 0 Å². The summed E-state index contributed by atoms with van der Waals surface area (Å²) in [4.78, 5) is 52.1.